The Hall–Kier alpha value is -2.49. The minimum atomic E-state index is -0.834. The number of rotatable bonds is 6. The van der Waals surface area contributed by atoms with E-state index in [4.69, 9.17) is 0 Å². The summed E-state index contributed by atoms with van der Waals surface area (Å²) in [6, 6.07) is 10.9. The van der Waals surface area contributed by atoms with Gasteiger partial charge in [-0.05, 0) is 61.1 Å². The zero-order valence-corrected chi connectivity index (χ0v) is 14.3. The molecule has 0 atom stereocenters. The van der Waals surface area contributed by atoms with Gasteiger partial charge in [0.1, 0.15) is 11.5 Å². The van der Waals surface area contributed by atoms with Crippen molar-refractivity contribution < 1.29 is 20.1 Å². The molecule has 0 bridgehead atoms. The molecule has 0 aliphatic heterocycles. The first kappa shape index (κ1) is 17.9. The molecule has 0 saturated heterocycles. The van der Waals surface area contributed by atoms with Gasteiger partial charge in [0, 0.05) is 11.8 Å². The third kappa shape index (κ3) is 3.37. The molecule has 24 heavy (non-hydrogen) atoms. The van der Waals surface area contributed by atoms with Crippen molar-refractivity contribution in [1.29, 1.82) is 0 Å². The van der Waals surface area contributed by atoms with Crippen LogP contribution in [0.5, 0.6) is 11.5 Å². The molecule has 0 spiro atoms. The smallest absolute Gasteiger partial charge is 0.303 e. The van der Waals surface area contributed by atoms with E-state index in [2.05, 4.69) is 0 Å². The van der Waals surface area contributed by atoms with Gasteiger partial charge < -0.3 is 15.3 Å². The molecule has 0 radical (unpaired) electrons. The Bertz CT molecular complexity index is 698. The number of phenols is 2. The molecular weight excluding hydrogens is 304 g/mol. The van der Waals surface area contributed by atoms with Gasteiger partial charge in [0.15, 0.2) is 0 Å². The summed E-state index contributed by atoms with van der Waals surface area (Å²) >= 11 is 0. The fourth-order valence-corrected chi connectivity index (χ4v) is 3.27. The maximum Gasteiger partial charge on any atom is 0.303 e. The summed E-state index contributed by atoms with van der Waals surface area (Å²) in [6.07, 6.45) is 1.22. The molecular formula is C20H24O4. The first-order valence-electron chi connectivity index (χ1n) is 8.12. The molecule has 0 unspecified atom stereocenters. The summed E-state index contributed by atoms with van der Waals surface area (Å²) in [7, 11) is 0. The minimum absolute atomic E-state index is 0.0493. The monoisotopic (exact) mass is 328 g/mol. The van der Waals surface area contributed by atoms with E-state index < -0.39 is 11.4 Å². The predicted molar refractivity (Wildman–Crippen MR) is 93.6 cm³/mol. The SMILES string of the molecule is CCC(CCC(=O)O)(c1ccc(O)c(C)c1)c1ccc(O)c(C)c1. The molecule has 3 N–H and O–H groups in total. The van der Waals surface area contributed by atoms with Crippen molar-refractivity contribution >= 4 is 5.97 Å². The molecule has 4 nitrogen and oxygen atoms in total. The zero-order valence-electron chi connectivity index (χ0n) is 14.3. The van der Waals surface area contributed by atoms with E-state index in [1.165, 1.54) is 0 Å². The Morgan fingerprint density at radius 3 is 1.75 bits per heavy atom. The van der Waals surface area contributed by atoms with Crippen molar-refractivity contribution in [2.24, 2.45) is 0 Å². The standard InChI is InChI=1S/C20H24O4/c1-4-20(10-9-19(23)24,15-5-7-17(21)13(2)11-15)16-6-8-18(22)14(3)12-16/h5-8,11-12,21-22H,4,9-10H2,1-3H3,(H,23,24). The maximum atomic E-state index is 11.2. The van der Waals surface area contributed by atoms with Gasteiger partial charge in [-0.2, -0.15) is 0 Å². The highest BCUT2D eigenvalue weighted by Gasteiger charge is 2.33. The van der Waals surface area contributed by atoms with E-state index in [1.54, 1.807) is 12.1 Å². The van der Waals surface area contributed by atoms with Crippen molar-refractivity contribution in [2.45, 2.75) is 45.4 Å². The van der Waals surface area contributed by atoms with Gasteiger partial charge in [-0.25, -0.2) is 0 Å². The Kier molecular flexibility index (Phi) is 5.17. The van der Waals surface area contributed by atoms with Crippen LogP contribution < -0.4 is 0 Å². The van der Waals surface area contributed by atoms with Crippen LogP contribution in [0.2, 0.25) is 0 Å². The van der Waals surface area contributed by atoms with Gasteiger partial charge in [-0.1, -0.05) is 31.2 Å². The fourth-order valence-electron chi connectivity index (χ4n) is 3.27. The number of aryl methyl sites for hydroxylation is 2. The lowest BCUT2D eigenvalue weighted by atomic mass is 9.69. The highest BCUT2D eigenvalue weighted by Crippen LogP contribution is 2.42. The number of carboxylic acids is 1. The molecule has 0 amide bonds. The van der Waals surface area contributed by atoms with Gasteiger partial charge in [0.05, 0.1) is 0 Å². The van der Waals surface area contributed by atoms with Crippen LogP contribution in [0.3, 0.4) is 0 Å². The van der Waals surface area contributed by atoms with Crippen molar-refractivity contribution in [3.63, 3.8) is 0 Å². The second kappa shape index (κ2) is 6.95. The van der Waals surface area contributed by atoms with Crippen molar-refractivity contribution in [3.05, 3.63) is 58.7 Å². The normalized spacial score (nSPS) is 11.5. The second-order valence-electron chi connectivity index (χ2n) is 6.33. The van der Waals surface area contributed by atoms with Crippen LogP contribution in [0.4, 0.5) is 0 Å². The third-order valence-corrected chi connectivity index (χ3v) is 4.87. The van der Waals surface area contributed by atoms with Crippen molar-refractivity contribution in [3.8, 4) is 11.5 Å². The molecule has 0 aromatic heterocycles. The quantitative estimate of drug-likeness (QED) is 0.740. The fraction of sp³-hybridized carbons (Fsp3) is 0.350. The van der Waals surface area contributed by atoms with Crippen LogP contribution in [-0.2, 0) is 10.2 Å². The van der Waals surface area contributed by atoms with Crippen LogP contribution in [0, 0.1) is 13.8 Å². The van der Waals surface area contributed by atoms with Gasteiger partial charge in [-0.15, -0.1) is 0 Å². The first-order chi connectivity index (χ1) is 11.3. The lowest BCUT2D eigenvalue weighted by Crippen LogP contribution is -2.28. The molecule has 0 aliphatic rings. The van der Waals surface area contributed by atoms with Gasteiger partial charge >= 0.3 is 5.97 Å². The van der Waals surface area contributed by atoms with Crippen LogP contribution in [0.1, 0.15) is 48.4 Å². The van der Waals surface area contributed by atoms with Gasteiger partial charge in [-0.3, -0.25) is 4.79 Å². The number of carbonyl (C=O) groups is 1. The molecule has 2 aromatic rings. The summed E-state index contributed by atoms with van der Waals surface area (Å²) in [5.74, 6) is -0.383. The third-order valence-electron chi connectivity index (χ3n) is 4.87. The predicted octanol–water partition coefficient (Wildman–Crippen LogP) is 4.28. The van der Waals surface area contributed by atoms with E-state index in [0.29, 0.717) is 12.8 Å². The lowest BCUT2D eigenvalue weighted by Gasteiger charge is -2.35. The average Bonchev–Trinajstić information content (AvgIpc) is 2.54. The molecule has 2 rings (SSSR count). The highest BCUT2D eigenvalue weighted by atomic mass is 16.4. The van der Waals surface area contributed by atoms with Crippen LogP contribution in [-0.4, -0.2) is 21.3 Å². The highest BCUT2D eigenvalue weighted by molar-refractivity contribution is 5.67. The van der Waals surface area contributed by atoms with E-state index >= 15 is 0 Å². The van der Waals surface area contributed by atoms with E-state index in [1.807, 2.05) is 45.0 Å². The Morgan fingerprint density at radius 2 is 1.42 bits per heavy atom. The van der Waals surface area contributed by atoms with Gasteiger partial charge in [0.2, 0.25) is 0 Å². The lowest BCUT2D eigenvalue weighted by molar-refractivity contribution is -0.137. The van der Waals surface area contributed by atoms with E-state index in [9.17, 15) is 20.1 Å². The second-order valence-corrected chi connectivity index (χ2v) is 6.33. The van der Waals surface area contributed by atoms with Crippen LogP contribution in [0.15, 0.2) is 36.4 Å². The Morgan fingerprint density at radius 1 is 0.958 bits per heavy atom. The van der Waals surface area contributed by atoms with Crippen LogP contribution >= 0.6 is 0 Å². The molecule has 4 heteroatoms. The average molecular weight is 328 g/mol. The van der Waals surface area contributed by atoms with Crippen molar-refractivity contribution in [1.82, 2.24) is 0 Å². The summed E-state index contributed by atoms with van der Waals surface area (Å²) in [5.41, 5.74) is 3.00. The number of benzene rings is 2. The number of aromatic hydroxyl groups is 2. The van der Waals surface area contributed by atoms with Crippen molar-refractivity contribution in [2.75, 3.05) is 0 Å². The number of phenolic OH excluding ortho intramolecular Hbond substituents is 2. The summed E-state index contributed by atoms with van der Waals surface area (Å²) in [5, 5.41) is 28.8. The Balaban J connectivity index is 2.64. The minimum Gasteiger partial charge on any atom is -0.508 e. The number of aliphatic carboxylic acids is 1. The van der Waals surface area contributed by atoms with Crippen LogP contribution in [0.25, 0.3) is 0 Å². The summed E-state index contributed by atoms with van der Waals surface area (Å²) < 4.78 is 0. The number of hydrogen-bond acceptors (Lipinski definition) is 3. The number of hydrogen-bond donors (Lipinski definition) is 3. The molecule has 0 fully saturated rings. The zero-order chi connectivity index (χ0) is 17.9. The number of carboxylic acid groups (broad SMARTS) is 1. The molecule has 0 heterocycles. The largest absolute Gasteiger partial charge is 0.508 e. The molecule has 0 saturated carbocycles. The first-order valence-corrected chi connectivity index (χ1v) is 8.12. The molecule has 128 valence electrons. The maximum absolute atomic E-state index is 11.2. The molecule has 0 aliphatic carbocycles. The van der Waals surface area contributed by atoms with Gasteiger partial charge in [0.25, 0.3) is 0 Å². The summed E-state index contributed by atoms with van der Waals surface area (Å²) in [6.45, 7) is 5.70. The molecule has 2 aromatic carbocycles. The van der Waals surface area contributed by atoms with E-state index in [0.717, 1.165) is 22.3 Å². The topological polar surface area (TPSA) is 77.8 Å². The summed E-state index contributed by atoms with van der Waals surface area (Å²) in [4.78, 5) is 11.2. The van der Waals surface area contributed by atoms with E-state index in [-0.39, 0.29) is 17.9 Å². The Labute approximate surface area is 142 Å².